The number of pyridine rings is 1. The van der Waals surface area contributed by atoms with Gasteiger partial charge in [0, 0.05) is 31.1 Å². The molecule has 3 aromatic rings. The zero-order chi connectivity index (χ0) is 21.7. The molecular weight excluding hydrogens is 401 g/mol. The molecule has 0 saturated heterocycles. The van der Waals surface area contributed by atoms with Gasteiger partial charge >= 0.3 is 0 Å². The number of halogens is 1. The number of hydrogen-bond acceptors (Lipinski definition) is 6. The lowest BCUT2D eigenvalue weighted by Crippen LogP contribution is -2.18. The summed E-state index contributed by atoms with van der Waals surface area (Å²) in [4.78, 5) is 12.1. The average molecular weight is 426 g/mol. The Kier molecular flexibility index (Phi) is 6.89. The molecule has 1 aromatic heterocycles. The standard InChI is InChI=1S/C22H24FN5OS/c1-4-30-27-20-11-16(17-9-14(2)22(29)28(3)13-17)10-19(21(20)26-24)25-12-15-5-7-18(23)8-6-15/h5-11,13,24-25,27H,4,12H2,1-3H3. The summed E-state index contributed by atoms with van der Waals surface area (Å²) < 4.78 is 18.0. The molecule has 6 nitrogen and oxygen atoms in total. The van der Waals surface area contributed by atoms with Crippen LogP contribution in [0.25, 0.3) is 11.1 Å². The highest BCUT2D eigenvalue weighted by molar-refractivity contribution is 8.00. The van der Waals surface area contributed by atoms with E-state index >= 15 is 0 Å². The van der Waals surface area contributed by atoms with Crippen LogP contribution < -0.4 is 15.6 Å². The lowest BCUT2D eigenvalue weighted by molar-refractivity contribution is 0.627. The van der Waals surface area contributed by atoms with Gasteiger partial charge in [0.15, 0.2) is 0 Å². The van der Waals surface area contributed by atoms with Gasteiger partial charge in [0.2, 0.25) is 0 Å². The molecule has 0 aliphatic carbocycles. The first kappa shape index (κ1) is 21.6. The third-order valence-corrected chi connectivity index (χ3v) is 5.29. The zero-order valence-electron chi connectivity index (χ0n) is 17.1. The molecule has 3 rings (SSSR count). The first-order valence-corrected chi connectivity index (χ1v) is 10.5. The van der Waals surface area contributed by atoms with Crippen molar-refractivity contribution in [3.8, 4) is 11.1 Å². The third-order valence-electron chi connectivity index (χ3n) is 4.64. The Bertz CT molecular complexity index is 1090. The number of nitrogens with zero attached hydrogens (tertiary/aromatic N) is 2. The van der Waals surface area contributed by atoms with Crippen LogP contribution in [0.5, 0.6) is 0 Å². The van der Waals surface area contributed by atoms with Gasteiger partial charge in [-0.3, -0.25) is 4.79 Å². The normalized spacial score (nSPS) is 10.7. The van der Waals surface area contributed by atoms with Crippen molar-refractivity contribution in [2.75, 3.05) is 15.8 Å². The summed E-state index contributed by atoms with van der Waals surface area (Å²) in [6, 6.07) is 12.0. The molecule has 1 heterocycles. The highest BCUT2D eigenvalue weighted by Gasteiger charge is 2.13. The van der Waals surface area contributed by atoms with Crippen molar-refractivity contribution in [1.82, 2.24) is 4.57 Å². The van der Waals surface area contributed by atoms with Crippen molar-refractivity contribution in [2.24, 2.45) is 12.2 Å². The Labute approximate surface area is 179 Å². The van der Waals surface area contributed by atoms with Gasteiger partial charge < -0.3 is 14.6 Å². The number of aromatic nitrogens is 1. The largest absolute Gasteiger partial charge is 0.379 e. The van der Waals surface area contributed by atoms with Crippen molar-refractivity contribution >= 4 is 29.0 Å². The number of benzene rings is 2. The summed E-state index contributed by atoms with van der Waals surface area (Å²) in [5, 5.41) is 7.04. The van der Waals surface area contributed by atoms with Crippen molar-refractivity contribution in [2.45, 2.75) is 20.4 Å². The molecule has 30 heavy (non-hydrogen) atoms. The second kappa shape index (κ2) is 9.58. The van der Waals surface area contributed by atoms with Crippen molar-refractivity contribution < 1.29 is 4.39 Å². The van der Waals surface area contributed by atoms with Gasteiger partial charge in [0.05, 0.1) is 11.4 Å². The molecular formula is C22H24FN5OS. The fraction of sp³-hybridized carbons (Fsp3) is 0.227. The van der Waals surface area contributed by atoms with E-state index in [9.17, 15) is 9.18 Å². The van der Waals surface area contributed by atoms with Crippen LogP contribution >= 0.6 is 11.9 Å². The average Bonchev–Trinajstić information content (AvgIpc) is 2.74. The van der Waals surface area contributed by atoms with Crippen LogP contribution in [0.3, 0.4) is 0 Å². The van der Waals surface area contributed by atoms with Crippen LogP contribution in [0.2, 0.25) is 0 Å². The SMILES string of the molecule is CCSNc1cc(-c2cc(C)c(=O)n(C)c2)cc(NCc2ccc(F)cc2)c1N=N. The first-order valence-electron chi connectivity index (χ1n) is 9.52. The summed E-state index contributed by atoms with van der Waals surface area (Å²) in [6.45, 7) is 4.28. The molecule has 0 bridgehead atoms. The van der Waals surface area contributed by atoms with E-state index in [1.807, 2.05) is 25.1 Å². The molecule has 3 N–H and O–H groups in total. The summed E-state index contributed by atoms with van der Waals surface area (Å²) in [5.41, 5.74) is 12.9. The maximum atomic E-state index is 13.2. The molecule has 156 valence electrons. The quantitative estimate of drug-likeness (QED) is 0.312. The number of aryl methyl sites for hydroxylation is 2. The van der Waals surface area contributed by atoms with Crippen LogP contribution in [0.1, 0.15) is 18.1 Å². The number of nitrogens with one attached hydrogen (secondary N) is 3. The second-order valence-electron chi connectivity index (χ2n) is 6.87. The maximum Gasteiger partial charge on any atom is 0.253 e. The van der Waals surface area contributed by atoms with Crippen LogP contribution in [0, 0.1) is 18.3 Å². The van der Waals surface area contributed by atoms with Gasteiger partial charge in [-0.05, 0) is 53.9 Å². The highest BCUT2D eigenvalue weighted by Crippen LogP contribution is 2.40. The van der Waals surface area contributed by atoms with Gasteiger partial charge in [-0.25, -0.2) is 9.92 Å². The smallest absolute Gasteiger partial charge is 0.253 e. The lowest BCUT2D eigenvalue weighted by Gasteiger charge is -2.16. The van der Waals surface area contributed by atoms with Crippen LogP contribution in [0.15, 0.2) is 58.6 Å². The minimum atomic E-state index is -0.282. The molecule has 0 spiro atoms. The van der Waals surface area contributed by atoms with Gasteiger partial charge in [-0.15, -0.1) is 0 Å². The predicted molar refractivity (Wildman–Crippen MR) is 122 cm³/mol. The van der Waals surface area contributed by atoms with E-state index < -0.39 is 0 Å². The third kappa shape index (κ3) is 4.88. The van der Waals surface area contributed by atoms with Crippen LogP contribution in [0.4, 0.5) is 21.5 Å². The molecule has 0 amide bonds. The molecule has 0 atom stereocenters. The second-order valence-corrected chi connectivity index (χ2v) is 7.94. The predicted octanol–water partition coefficient (Wildman–Crippen LogP) is 5.85. The molecule has 2 aromatic carbocycles. The van der Waals surface area contributed by atoms with E-state index in [4.69, 9.17) is 5.53 Å². The number of rotatable bonds is 8. The van der Waals surface area contributed by atoms with Crippen LogP contribution in [-0.2, 0) is 13.6 Å². The molecule has 0 unspecified atom stereocenters. The van der Waals surface area contributed by atoms with E-state index in [2.05, 4.69) is 15.2 Å². The first-order chi connectivity index (χ1) is 14.4. The maximum absolute atomic E-state index is 13.2. The molecule has 0 aliphatic rings. The minimum Gasteiger partial charge on any atom is -0.379 e. The van der Waals surface area contributed by atoms with Gasteiger partial charge in [-0.2, -0.15) is 5.11 Å². The summed E-state index contributed by atoms with van der Waals surface area (Å²) in [7, 11) is 1.73. The summed E-state index contributed by atoms with van der Waals surface area (Å²) >= 11 is 1.51. The Morgan fingerprint density at radius 1 is 1.13 bits per heavy atom. The Morgan fingerprint density at radius 3 is 2.47 bits per heavy atom. The Morgan fingerprint density at radius 2 is 1.83 bits per heavy atom. The van der Waals surface area contributed by atoms with Crippen LogP contribution in [-0.4, -0.2) is 10.3 Å². The van der Waals surface area contributed by atoms with E-state index in [1.165, 1.54) is 24.1 Å². The molecule has 8 heteroatoms. The van der Waals surface area contributed by atoms with Crippen molar-refractivity contribution in [3.63, 3.8) is 0 Å². The van der Waals surface area contributed by atoms with Gasteiger partial charge in [0.25, 0.3) is 5.56 Å². The Hall–Kier alpha value is -3.13. The Balaban J connectivity index is 2.04. The van der Waals surface area contributed by atoms with E-state index in [1.54, 1.807) is 36.9 Å². The van der Waals surface area contributed by atoms with Gasteiger partial charge in [0.1, 0.15) is 11.5 Å². The summed E-state index contributed by atoms with van der Waals surface area (Å²) in [5.74, 6) is 0.564. The highest BCUT2D eigenvalue weighted by atomic mass is 32.2. The fourth-order valence-electron chi connectivity index (χ4n) is 3.12. The van der Waals surface area contributed by atoms with E-state index in [0.717, 1.165) is 22.4 Å². The summed E-state index contributed by atoms with van der Waals surface area (Å²) in [6.07, 6.45) is 1.79. The molecule has 0 aliphatic heterocycles. The molecule has 0 fully saturated rings. The van der Waals surface area contributed by atoms with E-state index in [0.29, 0.717) is 29.2 Å². The minimum absolute atomic E-state index is 0.0360. The topological polar surface area (TPSA) is 82.3 Å². The number of hydrogen-bond donors (Lipinski definition) is 3. The lowest BCUT2D eigenvalue weighted by atomic mass is 10.0. The van der Waals surface area contributed by atoms with Crippen molar-refractivity contribution in [1.29, 1.82) is 5.53 Å². The fourth-order valence-corrected chi connectivity index (χ4v) is 3.57. The van der Waals surface area contributed by atoms with Crippen molar-refractivity contribution in [3.05, 3.63) is 76.0 Å². The van der Waals surface area contributed by atoms with E-state index in [-0.39, 0.29) is 11.4 Å². The number of anilines is 2. The molecule has 0 saturated carbocycles. The molecule has 0 radical (unpaired) electrons. The van der Waals surface area contributed by atoms with Gasteiger partial charge in [-0.1, -0.05) is 31.0 Å². The monoisotopic (exact) mass is 425 g/mol. The zero-order valence-corrected chi connectivity index (χ0v) is 17.9.